The molecule has 0 radical (unpaired) electrons. The largest absolute Gasteiger partial charge is 0.480 e. The predicted octanol–water partition coefficient (Wildman–Crippen LogP) is 1.56. The second kappa shape index (κ2) is 5.46. The summed E-state index contributed by atoms with van der Waals surface area (Å²) in [5.74, 6) is -1.32. The Morgan fingerprint density at radius 2 is 2.31 bits per heavy atom. The van der Waals surface area contributed by atoms with Gasteiger partial charge in [0.25, 0.3) is 0 Å². The maximum Gasteiger partial charge on any atom is 0.326 e. The maximum absolute atomic E-state index is 12.9. The van der Waals surface area contributed by atoms with Gasteiger partial charge in [0.05, 0.1) is 0 Å². The van der Waals surface area contributed by atoms with Crippen LogP contribution in [0.4, 0.5) is 10.1 Å². The molecule has 0 fully saturated rings. The second-order valence-electron chi connectivity index (χ2n) is 3.45. The zero-order valence-electron chi connectivity index (χ0n) is 9.03. The molecule has 0 aliphatic heterocycles. The summed E-state index contributed by atoms with van der Waals surface area (Å²) < 4.78 is 12.9. The predicted molar refractivity (Wildman–Crippen MR) is 59.6 cm³/mol. The lowest BCUT2D eigenvalue weighted by Gasteiger charge is -2.16. The van der Waals surface area contributed by atoms with Gasteiger partial charge in [-0.1, -0.05) is 6.92 Å². The van der Waals surface area contributed by atoms with E-state index in [1.807, 2.05) is 0 Å². The van der Waals surface area contributed by atoms with Crippen molar-refractivity contribution < 1.29 is 14.3 Å². The van der Waals surface area contributed by atoms with Crippen LogP contribution in [0.15, 0.2) is 18.2 Å². The number of rotatable bonds is 5. The fraction of sp³-hybridized carbons (Fsp3) is 0.364. The molecule has 0 amide bonds. The van der Waals surface area contributed by atoms with Crippen molar-refractivity contribution in [3.63, 3.8) is 0 Å². The van der Waals surface area contributed by atoms with Crippen molar-refractivity contribution in [3.8, 4) is 0 Å². The van der Waals surface area contributed by atoms with Gasteiger partial charge in [0.2, 0.25) is 0 Å². The van der Waals surface area contributed by atoms with Crippen LogP contribution >= 0.6 is 0 Å². The summed E-state index contributed by atoms with van der Waals surface area (Å²) in [5.41, 5.74) is 6.60. The van der Waals surface area contributed by atoms with Crippen LogP contribution in [0, 0.1) is 5.82 Å². The second-order valence-corrected chi connectivity index (χ2v) is 3.45. The van der Waals surface area contributed by atoms with E-state index in [1.54, 1.807) is 6.92 Å². The SMILES string of the molecule is CCC(Nc1ccc(F)cc1CN)C(=O)O. The first-order valence-electron chi connectivity index (χ1n) is 5.06. The highest BCUT2D eigenvalue weighted by atomic mass is 19.1. The fourth-order valence-corrected chi connectivity index (χ4v) is 1.40. The van der Waals surface area contributed by atoms with Gasteiger partial charge in [-0.25, -0.2) is 9.18 Å². The number of benzene rings is 1. The van der Waals surface area contributed by atoms with Gasteiger partial charge in [0.15, 0.2) is 0 Å². The summed E-state index contributed by atoms with van der Waals surface area (Å²) in [6.07, 6.45) is 0.441. The molecule has 0 saturated heterocycles. The van der Waals surface area contributed by atoms with E-state index in [9.17, 15) is 9.18 Å². The van der Waals surface area contributed by atoms with E-state index in [0.29, 0.717) is 17.7 Å². The van der Waals surface area contributed by atoms with Crippen molar-refractivity contribution in [2.24, 2.45) is 5.73 Å². The standard InChI is InChI=1S/C11H15FN2O2/c1-2-9(11(15)16)14-10-4-3-8(12)5-7(10)6-13/h3-5,9,14H,2,6,13H2,1H3,(H,15,16). The molecule has 0 spiro atoms. The van der Waals surface area contributed by atoms with Crippen LogP contribution in [-0.2, 0) is 11.3 Å². The van der Waals surface area contributed by atoms with Gasteiger partial charge in [-0.3, -0.25) is 0 Å². The zero-order valence-corrected chi connectivity index (χ0v) is 9.03. The van der Waals surface area contributed by atoms with Gasteiger partial charge in [0, 0.05) is 12.2 Å². The average Bonchev–Trinajstić information content (AvgIpc) is 2.26. The molecule has 0 aromatic heterocycles. The molecule has 1 atom stereocenters. The molecule has 1 unspecified atom stereocenters. The van der Waals surface area contributed by atoms with E-state index < -0.39 is 12.0 Å². The number of nitrogens with two attached hydrogens (primary N) is 1. The molecule has 88 valence electrons. The van der Waals surface area contributed by atoms with E-state index in [0.717, 1.165) is 0 Å². The number of hydrogen-bond donors (Lipinski definition) is 3. The van der Waals surface area contributed by atoms with Crippen LogP contribution in [0.3, 0.4) is 0 Å². The Bertz CT molecular complexity index is 382. The average molecular weight is 226 g/mol. The summed E-state index contributed by atoms with van der Waals surface area (Å²) >= 11 is 0. The third-order valence-electron chi connectivity index (χ3n) is 2.32. The van der Waals surface area contributed by atoms with Crippen molar-refractivity contribution in [1.82, 2.24) is 0 Å². The molecule has 16 heavy (non-hydrogen) atoms. The summed E-state index contributed by atoms with van der Waals surface area (Å²) in [7, 11) is 0. The van der Waals surface area contributed by atoms with Crippen LogP contribution in [0.2, 0.25) is 0 Å². The van der Waals surface area contributed by atoms with Crippen molar-refractivity contribution in [2.45, 2.75) is 25.9 Å². The smallest absolute Gasteiger partial charge is 0.326 e. The minimum Gasteiger partial charge on any atom is -0.480 e. The molecule has 0 bridgehead atoms. The van der Waals surface area contributed by atoms with Crippen molar-refractivity contribution in [1.29, 1.82) is 0 Å². The van der Waals surface area contributed by atoms with Crippen molar-refractivity contribution in [2.75, 3.05) is 5.32 Å². The van der Waals surface area contributed by atoms with E-state index >= 15 is 0 Å². The highest BCUT2D eigenvalue weighted by molar-refractivity contribution is 5.77. The molecule has 4 N–H and O–H groups in total. The lowest BCUT2D eigenvalue weighted by Crippen LogP contribution is -2.29. The molecule has 0 aliphatic rings. The molecule has 0 aliphatic carbocycles. The molecule has 4 nitrogen and oxygen atoms in total. The molecule has 1 aromatic carbocycles. The number of carboxylic acids is 1. The van der Waals surface area contributed by atoms with E-state index in [-0.39, 0.29) is 12.4 Å². The summed E-state index contributed by atoms with van der Waals surface area (Å²) in [4.78, 5) is 10.8. The molecule has 0 saturated carbocycles. The highest BCUT2D eigenvalue weighted by Crippen LogP contribution is 2.18. The number of halogens is 1. The lowest BCUT2D eigenvalue weighted by molar-refractivity contribution is -0.137. The molecule has 1 rings (SSSR count). The number of nitrogens with one attached hydrogen (secondary N) is 1. The first kappa shape index (κ1) is 12.4. The molecule has 5 heteroatoms. The molecular weight excluding hydrogens is 211 g/mol. The number of aliphatic carboxylic acids is 1. The van der Waals surface area contributed by atoms with Gasteiger partial charge < -0.3 is 16.2 Å². The van der Waals surface area contributed by atoms with Crippen LogP contribution < -0.4 is 11.1 Å². The molecule has 0 heterocycles. The van der Waals surface area contributed by atoms with Crippen LogP contribution in [0.25, 0.3) is 0 Å². The lowest BCUT2D eigenvalue weighted by atomic mass is 10.1. The number of carbonyl (C=O) groups is 1. The van der Waals surface area contributed by atoms with Gasteiger partial charge >= 0.3 is 5.97 Å². The Morgan fingerprint density at radius 3 is 2.81 bits per heavy atom. The van der Waals surface area contributed by atoms with Gasteiger partial charge in [0.1, 0.15) is 11.9 Å². The Hall–Kier alpha value is -1.62. The monoisotopic (exact) mass is 226 g/mol. The number of anilines is 1. The third-order valence-corrected chi connectivity index (χ3v) is 2.32. The fourth-order valence-electron chi connectivity index (χ4n) is 1.40. The van der Waals surface area contributed by atoms with Crippen LogP contribution in [-0.4, -0.2) is 17.1 Å². The Balaban J connectivity index is 2.91. The molecular formula is C11H15FN2O2. The van der Waals surface area contributed by atoms with E-state index in [2.05, 4.69) is 5.32 Å². The Morgan fingerprint density at radius 1 is 1.62 bits per heavy atom. The number of carboxylic acid groups (broad SMARTS) is 1. The van der Waals surface area contributed by atoms with Gasteiger partial charge in [-0.2, -0.15) is 0 Å². The highest BCUT2D eigenvalue weighted by Gasteiger charge is 2.15. The minimum absolute atomic E-state index is 0.163. The van der Waals surface area contributed by atoms with Gasteiger partial charge in [-0.05, 0) is 30.2 Å². The van der Waals surface area contributed by atoms with E-state index in [4.69, 9.17) is 10.8 Å². The first-order chi connectivity index (χ1) is 7.58. The van der Waals surface area contributed by atoms with Gasteiger partial charge in [-0.15, -0.1) is 0 Å². The summed E-state index contributed by atoms with van der Waals surface area (Å²) in [6.45, 7) is 1.92. The third kappa shape index (κ3) is 2.93. The quantitative estimate of drug-likeness (QED) is 0.712. The Kier molecular flexibility index (Phi) is 4.25. The molecule has 1 aromatic rings. The maximum atomic E-state index is 12.9. The first-order valence-corrected chi connectivity index (χ1v) is 5.06. The number of hydrogen-bond acceptors (Lipinski definition) is 3. The summed E-state index contributed by atoms with van der Waals surface area (Å²) in [6, 6.07) is 3.39. The van der Waals surface area contributed by atoms with Crippen LogP contribution in [0.5, 0.6) is 0 Å². The normalized spacial score (nSPS) is 12.2. The zero-order chi connectivity index (χ0) is 12.1. The minimum atomic E-state index is -0.935. The van der Waals surface area contributed by atoms with Crippen molar-refractivity contribution >= 4 is 11.7 Å². The van der Waals surface area contributed by atoms with E-state index in [1.165, 1.54) is 18.2 Å². The van der Waals surface area contributed by atoms with Crippen LogP contribution in [0.1, 0.15) is 18.9 Å². The Labute approximate surface area is 93.3 Å². The topological polar surface area (TPSA) is 75.3 Å². The summed E-state index contributed by atoms with van der Waals surface area (Å²) in [5, 5.41) is 11.7. The van der Waals surface area contributed by atoms with Crippen molar-refractivity contribution in [3.05, 3.63) is 29.6 Å².